The lowest BCUT2D eigenvalue weighted by molar-refractivity contribution is 1.15. The topological polar surface area (TPSA) is 37.8 Å². The van der Waals surface area contributed by atoms with E-state index in [9.17, 15) is 0 Å². The molecule has 3 nitrogen and oxygen atoms in total. The molecule has 0 aromatic carbocycles. The summed E-state index contributed by atoms with van der Waals surface area (Å²) in [6, 6.07) is 0. The average Bonchev–Trinajstić information content (AvgIpc) is 2.34. The molecule has 1 aliphatic rings. The molecule has 1 aliphatic heterocycles. The first-order chi connectivity index (χ1) is 6.97. The first kappa shape index (κ1) is 10.9. The summed E-state index contributed by atoms with van der Waals surface area (Å²) in [6.45, 7) is 4.00. The minimum Gasteiger partial charge on any atom is -0.369 e. The predicted octanol–water partition coefficient (Wildman–Crippen LogP) is 2.55. The molecular weight excluding hydrogens is 193 g/mol. The Morgan fingerprint density at radius 3 is 2.50 bits per heavy atom. The van der Waals surface area contributed by atoms with Crippen molar-refractivity contribution in [1.29, 1.82) is 0 Å². The second kappa shape index (κ2) is 6.28. The molecule has 0 amide bonds. The number of nitrogens with zero attached hydrogens (tertiary/aromatic N) is 2. The average molecular weight is 207 g/mol. The van der Waals surface area contributed by atoms with Gasteiger partial charge >= 0.3 is 0 Å². The van der Waals surface area contributed by atoms with Gasteiger partial charge in [-0.1, -0.05) is 19.9 Å². The van der Waals surface area contributed by atoms with Crippen LogP contribution in [-0.4, -0.2) is 9.97 Å². The Morgan fingerprint density at radius 1 is 1.21 bits per heavy atom. The van der Waals surface area contributed by atoms with Crippen LogP contribution in [0.5, 0.6) is 0 Å². The van der Waals surface area contributed by atoms with Crippen LogP contribution < -0.4 is 5.09 Å². The molecule has 0 saturated carbocycles. The van der Waals surface area contributed by atoms with E-state index in [2.05, 4.69) is 26.9 Å². The zero-order valence-electron chi connectivity index (χ0n) is 8.36. The van der Waals surface area contributed by atoms with E-state index in [0.717, 1.165) is 11.1 Å². The van der Waals surface area contributed by atoms with Crippen molar-refractivity contribution in [3.63, 3.8) is 0 Å². The van der Waals surface area contributed by atoms with Crippen molar-refractivity contribution >= 4 is 14.3 Å². The van der Waals surface area contributed by atoms with Crippen LogP contribution in [0.2, 0.25) is 0 Å². The molecule has 0 bridgehead atoms. The Hall–Kier alpha value is -1.21. The number of rotatable bonds is 1. The highest BCUT2D eigenvalue weighted by molar-refractivity contribution is 7.39. The minimum atomic E-state index is 0.685. The molecule has 2 rings (SSSR count). The molecule has 0 fully saturated rings. The van der Waals surface area contributed by atoms with Crippen LogP contribution >= 0.6 is 8.73 Å². The normalized spacial score (nSPS) is 15.1. The summed E-state index contributed by atoms with van der Waals surface area (Å²) in [6.07, 6.45) is 9.20. The van der Waals surface area contributed by atoms with Gasteiger partial charge in [-0.3, -0.25) is 0 Å². The molecular formula is C10H14N3P. The Balaban J connectivity index is 0.000000461. The summed E-state index contributed by atoms with van der Waals surface area (Å²) in [5.74, 6) is 2.10. The molecule has 0 aliphatic carbocycles. The second-order valence-corrected chi connectivity index (χ2v) is 3.26. The van der Waals surface area contributed by atoms with Gasteiger partial charge in [-0.15, -0.1) is 0 Å². The number of hydrogen-bond donors (Lipinski definition) is 1. The monoisotopic (exact) mass is 207 g/mol. The summed E-state index contributed by atoms with van der Waals surface area (Å²) in [5, 5.41) is 3.16. The smallest absolute Gasteiger partial charge is 0.115 e. The van der Waals surface area contributed by atoms with Gasteiger partial charge in [-0.05, 0) is 14.5 Å². The van der Waals surface area contributed by atoms with Gasteiger partial charge in [0.05, 0.1) is 0 Å². The number of allylic oxidation sites excluding steroid dienone is 2. The molecule has 1 aromatic heterocycles. The predicted molar refractivity (Wildman–Crippen MR) is 61.9 cm³/mol. The molecule has 0 spiro atoms. The second-order valence-electron chi connectivity index (χ2n) is 2.35. The molecule has 1 N–H and O–H groups in total. The standard InChI is InChI=1S/C8H8N3P.C2H6/c1-2-12-11-5-7(1)8-3-9-6-10-4-8;1-2/h1-6,11-12H;1-2H3. The van der Waals surface area contributed by atoms with E-state index in [0.29, 0.717) is 8.73 Å². The van der Waals surface area contributed by atoms with Crippen molar-refractivity contribution in [3.05, 3.63) is 42.4 Å². The van der Waals surface area contributed by atoms with Crippen molar-refractivity contribution in [2.24, 2.45) is 0 Å². The molecule has 1 unspecified atom stereocenters. The quantitative estimate of drug-likeness (QED) is 0.719. The van der Waals surface area contributed by atoms with Crippen molar-refractivity contribution in [3.8, 4) is 0 Å². The SMILES string of the molecule is C1=CC(c2cncnc2)=CNP1.CC. The van der Waals surface area contributed by atoms with Gasteiger partial charge < -0.3 is 5.09 Å². The first-order valence-electron chi connectivity index (χ1n) is 4.60. The maximum Gasteiger partial charge on any atom is 0.115 e. The third-order valence-electron chi connectivity index (χ3n) is 1.55. The van der Waals surface area contributed by atoms with Crippen molar-refractivity contribution < 1.29 is 0 Å². The van der Waals surface area contributed by atoms with E-state index in [-0.39, 0.29) is 0 Å². The van der Waals surface area contributed by atoms with Gasteiger partial charge in [-0.2, -0.15) is 0 Å². The zero-order chi connectivity index (χ0) is 10.2. The van der Waals surface area contributed by atoms with Crippen LogP contribution in [0.15, 0.2) is 36.8 Å². The van der Waals surface area contributed by atoms with Crippen LogP contribution in [-0.2, 0) is 0 Å². The summed E-state index contributed by atoms with van der Waals surface area (Å²) in [7, 11) is 0.685. The number of nitrogens with one attached hydrogen (secondary N) is 1. The van der Waals surface area contributed by atoms with Gasteiger partial charge in [0, 0.05) is 29.7 Å². The lowest BCUT2D eigenvalue weighted by atomic mass is 10.1. The Labute approximate surface area is 86.2 Å². The van der Waals surface area contributed by atoms with Crippen LogP contribution in [0.25, 0.3) is 5.57 Å². The lowest BCUT2D eigenvalue weighted by Crippen LogP contribution is -1.94. The lowest BCUT2D eigenvalue weighted by Gasteiger charge is -2.06. The van der Waals surface area contributed by atoms with E-state index in [1.807, 2.05) is 20.0 Å². The summed E-state index contributed by atoms with van der Waals surface area (Å²) in [4.78, 5) is 7.90. The molecule has 0 saturated heterocycles. The highest BCUT2D eigenvalue weighted by Crippen LogP contribution is 2.21. The largest absolute Gasteiger partial charge is 0.369 e. The van der Waals surface area contributed by atoms with E-state index < -0.39 is 0 Å². The van der Waals surface area contributed by atoms with Crippen molar-refractivity contribution in [1.82, 2.24) is 15.1 Å². The zero-order valence-corrected chi connectivity index (χ0v) is 9.36. The molecule has 74 valence electrons. The number of aromatic nitrogens is 2. The maximum atomic E-state index is 3.95. The summed E-state index contributed by atoms with van der Waals surface area (Å²) >= 11 is 0. The molecule has 1 aromatic rings. The summed E-state index contributed by atoms with van der Waals surface area (Å²) < 4.78 is 0. The fourth-order valence-electron chi connectivity index (χ4n) is 0.975. The van der Waals surface area contributed by atoms with Gasteiger partial charge in [0.25, 0.3) is 0 Å². The highest BCUT2D eigenvalue weighted by atomic mass is 31.1. The van der Waals surface area contributed by atoms with E-state index >= 15 is 0 Å². The Morgan fingerprint density at radius 2 is 1.93 bits per heavy atom. The van der Waals surface area contributed by atoms with Gasteiger partial charge in [-0.25, -0.2) is 9.97 Å². The van der Waals surface area contributed by atoms with Gasteiger partial charge in [0.2, 0.25) is 0 Å². The van der Waals surface area contributed by atoms with E-state index in [4.69, 9.17) is 0 Å². The maximum absolute atomic E-state index is 3.95. The minimum absolute atomic E-state index is 0.685. The fourth-order valence-corrected chi connectivity index (χ4v) is 1.57. The molecule has 2 heterocycles. The molecule has 0 radical (unpaired) electrons. The first-order valence-corrected chi connectivity index (χ1v) is 5.68. The van der Waals surface area contributed by atoms with Gasteiger partial charge in [0.1, 0.15) is 6.33 Å². The Bertz CT molecular complexity index is 319. The van der Waals surface area contributed by atoms with Crippen LogP contribution in [0.4, 0.5) is 0 Å². The van der Waals surface area contributed by atoms with Crippen molar-refractivity contribution in [2.75, 3.05) is 0 Å². The molecule has 4 heteroatoms. The number of hydrogen-bond acceptors (Lipinski definition) is 3. The van der Waals surface area contributed by atoms with Gasteiger partial charge in [0.15, 0.2) is 0 Å². The highest BCUT2D eigenvalue weighted by Gasteiger charge is 1.99. The Kier molecular flexibility index (Phi) is 4.87. The van der Waals surface area contributed by atoms with Crippen molar-refractivity contribution in [2.45, 2.75) is 13.8 Å². The van der Waals surface area contributed by atoms with E-state index in [1.165, 1.54) is 6.33 Å². The molecule has 1 atom stereocenters. The van der Waals surface area contributed by atoms with E-state index in [1.54, 1.807) is 12.4 Å². The van der Waals surface area contributed by atoms with Crippen LogP contribution in [0.3, 0.4) is 0 Å². The molecule has 14 heavy (non-hydrogen) atoms. The fraction of sp³-hybridized carbons (Fsp3) is 0.200. The third kappa shape index (κ3) is 2.93. The van der Waals surface area contributed by atoms with Crippen LogP contribution in [0.1, 0.15) is 19.4 Å². The third-order valence-corrected chi connectivity index (χ3v) is 2.20. The van der Waals surface area contributed by atoms with Crippen LogP contribution in [0, 0.1) is 0 Å². The summed E-state index contributed by atoms with van der Waals surface area (Å²) in [5.41, 5.74) is 2.18.